The number of likely N-dealkylation sites (tertiary alicyclic amines) is 1. The molecule has 2 aromatic heterocycles. The van der Waals surface area contributed by atoms with Gasteiger partial charge in [-0.2, -0.15) is 5.10 Å². The lowest BCUT2D eigenvalue weighted by Crippen LogP contribution is -2.45. The molecule has 0 radical (unpaired) electrons. The van der Waals surface area contributed by atoms with Crippen LogP contribution in [0.1, 0.15) is 54.4 Å². The number of rotatable bonds is 5. The van der Waals surface area contributed by atoms with Crippen molar-refractivity contribution < 1.29 is 14.0 Å². The van der Waals surface area contributed by atoms with Gasteiger partial charge in [-0.25, -0.2) is 9.37 Å². The zero-order valence-electron chi connectivity index (χ0n) is 22.0. The van der Waals surface area contributed by atoms with Gasteiger partial charge in [0, 0.05) is 42.9 Å². The number of piperidine rings is 1. The van der Waals surface area contributed by atoms with E-state index in [1.54, 1.807) is 23.0 Å². The maximum atomic E-state index is 13.2. The molecule has 2 amide bonds. The van der Waals surface area contributed by atoms with Crippen LogP contribution in [0.15, 0.2) is 42.7 Å². The lowest BCUT2D eigenvalue weighted by molar-refractivity contribution is -0.137. The Hall–Kier alpha value is -3.70. The summed E-state index contributed by atoms with van der Waals surface area (Å²) in [6.07, 6.45) is 3.89. The summed E-state index contributed by atoms with van der Waals surface area (Å²) in [6, 6.07) is 7.77. The Kier molecular flexibility index (Phi) is 8.48. The molecule has 1 fully saturated rings. The van der Waals surface area contributed by atoms with Crippen molar-refractivity contribution in [2.45, 2.75) is 40.7 Å². The molecule has 1 aliphatic heterocycles. The topological polar surface area (TPSA) is 80.1 Å². The first-order valence-corrected chi connectivity index (χ1v) is 13.1. The van der Waals surface area contributed by atoms with E-state index >= 15 is 0 Å². The fourth-order valence-electron chi connectivity index (χ4n) is 4.60. The number of pyridine rings is 1. The fraction of sp³-hybridized carbons (Fsp3) is 0.379. The molecule has 0 aliphatic carbocycles. The average Bonchev–Trinajstić information content (AvgIpc) is 3.25. The molecule has 4 rings (SSSR count). The van der Waals surface area contributed by atoms with Gasteiger partial charge < -0.3 is 10.2 Å². The van der Waals surface area contributed by atoms with Crippen LogP contribution in [0, 0.1) is 42.3 Å². The van der Waals surface area contributed by atoms with Gasteiger partial charge in [-0.15, -0.1) is 0 Å². The van der Waals surface area contributed by atoms with E-state index in [1.165, 1.54) is 18.3 Å². The average molecular weight is 536 g/mol. The Morgan fingerprint density at radius 2 is 1.89 bits per heavy atom. The Balaban J connectivity index is 1.43. The highest BCUT2D eigenvalue weighted by atomic mass is 35.5. The summed E-state index contributed by atoms with van der Waals surface area (Å²) in [6.45, 7) is 9.72. The van der Waals surface area contributed by atoms with Gasteiger partial charge >= 0.3 is 0 Å². The van der Waals surface area contributed by atoms with Crippen LogP contribution < -0.4 is 5.32 Å². The molecule has 2 atom stereocenters. The third kappa shape index (κ3) is 6.40. The summed E-state index contributed by atoms with van der Waals surface area (Å²) in [4.78, 5) is 31.9. The van der Waals surface area contributed by atoms with E-state index in [-0.39, 0.29) is 40.2 Å². The van der Waals surface area contributed by atoms with Gasteiger partial charge in [-0.05, 0) is 61.1 Å². The number of halogens is 2. The van der Waals surface area contributed by atoms with Crippen molar-refractivity contribution in [2.24, 2.45) is 17.8 Å². The Morgan fingerprint density at radius 3 is 2.55 bits per heavy atom. The molecular formula is C29H31ClFN5O2. The fourth-order valence-corrected chi connectivity index (χ4v) is 4.82. The summed E-state index contributed by atoms with van der Waals surface area (Å²) in [5.74, 6) is 6.35. The van der Waals surface area contributed by atoms with Crippen molar-refractivity contribution in [3.8, 4) is 11.8 Å². The largest absolute Gasteiger partial charge is 0.342 e. The summed E-state index contributed by atoms with van der Waals surface area (Å²) >= 11 is 6.37. The molecule has 1 N–H and O–H groups in total. The van der Waals surface area contributed by atoms with Gasteiger partial charge in [0.15, 0.2) is 0 Å². The van der Waals surface area contributed by atoms with Crippen LogP contribution in [-0.2, 0) is 11.3 Å². The predicted octanol–water partition coefficient (Wildman–Crippen LogP) is 5.17. The molecule has 2 unspecified atom stereocenters. The van der Waals surface area contributed by atoms with Crippen LogP contribution >= 0.6 is 11.6 Å². The van der Waals surface area contributed by atoms with Crippen molar-refractivity contribution in [3.63, 3.8) is 0 Å². The van der Waals surface area contributed by atoms with Crippen molar-refractivity contribution in [2.75, 3.05) is 18.4 Å². The van der Waals surface area contributed by atoms with Gasteiger partial charge in [-0.3, -0.25) is 14.3 Å². The van der Waals surface area contributed by atoms with Crippen LogP contribution in [0.5, 0.6) is 0 Å². The molecule has 1 aromatic carbocycles. The Morgan fingerprint density at radius 1 is 1.18 bits per heavy atom. The predicted molar refractivity (Wildman–Crippen MR) is 145 cm³/mol. The lowest BCUT2D eigenvalue weighted by atomic mass is 9.86. The standard InChI is InChI=1S/C29H31ClFN5O2/c1-18(2)29(38)35-12-11-23(20(4)16-35)17-36-26(25(30)15-33-36)28(37)34-27-19(3)13-22(14-32-27)6-5-21-7-9-24(31)10-8-21/h7-10,13-15,18,20,23H,11-12,16-17H2,1-4H3,(H,32,34,37). The number of nitrogens with zero attached hydrogens (tertiary/aromatic N) is 4. The van der Waals surface area contributed by atoms with Crippen LogP contribution in [0.4, 0.5) is 10.2 Å². The second-order valence-electron chi connectivity index (χ2n) is 10.1. The monoisotopic (exact) mass is 535 g/mol. The van der Waals surface area contributed by atoms with Crippen LogP contribution in [0.25, 0.3) is 0 Å². The molecule has 0 bridgehead atoms. The van der Waals surface area contributed by atoms with Crippen molar-refractivity contribution >= 4 is 29.2 Å². The van der Waals surface area contributed by atoms with E-state index in [4.69, 9.17) is 11.6 Å². The van der Waals surface area contributed by atoms with Crippen LogP contribution in [0.3, 0.4) is 0 Å². The van der Waals surface area contributed by atoms with Crippen molar-refractivity contribution in [3.05, 3.63) is 75.9 Å². The van der Waals surface area contributed by atoms with E-state index in [0.717, 1.165) is 12.0 Å². The molecule has 9 heteroatoms. The van der Waals surface area contributed by atoms with Crippen molar-refractivity contribution in [1.82, 2.24) is 19.7 Å². The van der Waals surface area contributed by atoms with Crippen LogP contribution in [0.2, 0.25) is 5.02 Å². The molecule has 3 heterocycles. The molecule has 198 valence electrons. The maximum absolute atomic E-state index is 13.2. The van der Waals surface area contributed by atoms with Gasteiger partial charge in [0.2, 0.25) is 5.91 Å². The quantitative estimate of drug-likeness (QED) is 0.457. The second kappa shape index (κ2) is 11.8. The van der Waals surface area contributed by atoms with E-state index < -0.39 is 5.91 Å². The minimum absolute atomic E-state index is 0.0213. The summed E-state index contributed by atoms with van der Waals surface area (Å²) < 4.78 is 14.7. The highest BCUT2D eigenvalue weighted by molar-refractivity contribution is 6.34. The summed E-state index contributed by atoms with van der Waals surface area (Å²) in [5, 5.41) is 7.48. The van der Waals surface area contributed by atoms with Crippen molar-refractivity contribution in [1.29, 1.82) is 0 Å². The molecule has 38 heavy (non-hydrogen) atoms. The molecule has 3 aromatic rings. The van der Waals surface area contributed by atoms with E-state index in [2.05, 4.69) is 34.2 Å². The molecule has 7 nitrogen and oxygen atoms in total. The first-order chi connectivity index (χ1) is 18.1. The molecule has 0 saturated carbocycles. The number of carbonyl (C=O) groups excluding carboxylic acids is 2. The van der Waals surface area contributed by atoms with Gasteiger partial charge in [-0.1, -0.05) is 44.2 Å². The molecular weight excluding hydrogens is 505 g/mol. The number of amides is 2. The van der Waals surface area contributed by atoms with E-state index in [1.807, 2.05) is 31.7 Å². The number of carbonyl (C=O) groups is 2. The van der Waals surface area contributed by atoms with Gasteiger partial charge in [0.1, 0.15) is 17.3 Å². The Labute approximate surface area is 227 Å². The maximum Gasteiger partial charge on any atom is 0.276 e. The normalized spacial score (nSPS) is 17.2. The van der Waals surface area contributed by atoms with Gasteiger partial charge in [0.25, 0.3) is 5.91 Å². The van der Waals surface area contributed by atoms with E-state index in [9.17, 15) is 14.0 Å². The summed E-state index contributed by atoms with van der Waals surface area (Å²) in [5.41, 5.74) is 2.38. The number of benzene rings is 1. The minimum atomic E-state index is -0.395. The third-order valence-corrected chi connectivity index (χ3v) is 7.09. The van der Waals surface area contributed by atoms with Crippen LogP contribution in [-0.4, -0.2) is 44.6 Å². The molecule has 0 spiro atoms. The summed E-state index contributed by atoms with van der Waals surface area (Å²) in [7, 11) is 0. The highest BCUT2D eigenvalue weighted by Crippen LogP contribution is 2.28. The minimum Gasteiger partial charge on any atom is -0.342 e. The second-order valence-corrected chi connectivity index (χ2v) is 10.5. The lowest BCUT2D eigenvalue weighted by Gasteiger charge is -2.37. The molecule has 1 aliphatic rings. The third-order valence-electron chi connectivity index (χ3n) is 6.81. The number of anilines is 1. The van der Waals surface area contributed by atoms with Gasteiger partial charge in [0.05, 0.1) is 11.2 Å². The number of nitrogens with one attached hydrogen (secondary N) is 1. The first-order valence-electron chi connectivity index (χ1n) is 12.7. The zero-order chi connectivity index (χ0) is 27.4. The zero-order valence-corrected chi connectivity index (χ0v) is 22.7. The first kappa shape index (κ1) is 27.3. The number of aryl methyl sites for hydroxylation is 1. The van der Waals surface area contributed by atoms with E-state index in [0.29, 0.717) is 36.6 Å². The number of aromatic nitrogens is 3. The number of hydrogen-bond donors (Lipinski definition) is 1. The molecule has 1 saturated heterocycles. The Bertz CT molecular complexity index is 1390. The SMILES string of the molecule is Cc1cc(C#Cc2ccc(F)cc2)cnc1NC(=O)c1c(Cl)cnn1CC1CCN(C(=O)C(C)C)CC1C. The highest BCUT2D eigenvalue weighted by Gasteiger charge is 2.31. The number of hydrogen-bond acceptors (Lipinski definition) is 4. The smallest absolute Gasteiger partial charge is 0.276 e.